The summed E-state index contributed by atoms with van der Waals surface area (Å²) in [5.41, 5.74) is -0.845. The molecule has 46 heavy (non-hydrogen) atoms. The highest BCUT2D eigenvalue weighted by molar-refractivity contribution is 6.38. The van der Waals surface area contributed by atoms with Crippen molar-refractivity contribution in [3.63, 3.8) is 0 Å². The highest BCUT2D eigenvalue weighted by atomic mass is 19.4. The van der Waals surface area contributed by atoms with Crippen LogP contribution < -0.4 is 21.3 Å². The third kappa shape index (κ3) is 11.0. The number of nitrogens with one attached hydrogen (secondary N) is 4. The molecule has 5 amide bonds. The van der Waals surface area contributed by atoms with Crippen LogP contribution in [-0.4, -0.2) is 83.7 Å². The van der Waals surface area contributed by atoms with Crippen LogP contribution in [0.3, 0.4) is 0 Å². The zero-order valence-electron chi connectivity index (χ0n) is 28.3. The summed E-state index contributed by atoms with van der Waals surface area (Å²) in [7, 11) is 0. The lowest BCUT2D eigenvalue weighted by Gasteiger charge is -2.37. The third-order valence-electron chi connectivity index (χ3n) is 8.59. The second kappa shape index (κ2) is 16.1. The molecule has 262 valence electrons. The average Bonchev–Trinajstić information content (AvgIpc) is 3.70. The van der Waals surface area contributed by atoms with Crippen molar-refractivity contribution >= 4 is 35.3 Å². The lowest BCUT2D eigenvalue weighted by atomic mass is 9.84. The fraction of sp³-hybridized carbons (Fsp3) is 0.812. The molecule has 2 unspecified atom stereocenters. The van der Waals surface area contributed by atoms with E-state index in [0.29, 0.717) is 12.8 Å². The minimum Gasteiger partial charge on any atom is -0.349 e. The van der Waals surface area contributed by atoms with Gasteiger partial charge in [-0.3, -0.25) is 24.0 Å². The molecule has 1 saturated heterocycles. The molecule has 14 heteroatoms. The Hall–Kier alpha value is -3.19. The number of halogens is 3. The Balaban J connectivity index is 2.34. The first-order chi connectivity index (χ1) is 21.2. The standard InChI is InChI=1S/C32H52F3N5O6/c1-9-15-36-28(44)25(42)21(12-14-32(33,34)35)37-27(43)23-20(17(2)3)13-16-40(23)29(45)26(31(6,7)8)39-30(46)38-22(18(4)5)24(41)19-10-11-19/h17-23,26H,9-16H2,1-8H3,(H,36,44)(H,37,43)(H2,38,39,46)/t20?,21?,22-,23-,26+/m0/s1. The van der Waals surface area contributed by atoms with Crippen molar-refractivity contribution in [3.05, 3.63) is 0 Å². The second-order valence-corrected chi connectivity index (χ2v) is 14.3. The zero-order chi connectivity index (χ0) is 35.1. The molecule has 1 aliphatic carbocycles. The van der Waals surface area contributed by atoms with Crippen LogP contribution in [0.5, 0.6) is 0 Å². The van der Waals surface area contributed by atoms with E-state index in [1.54, 1.807) is 27.7 Å². The van der Waals surface area contributed by atoms with Crippen LogP contribution >= 0.6 is 0 Å². The molecular formula is C32H52F3N5O6. The molecule has 11 nitrogen and oxygen atoms in total. The molecule has 5 atom stereocenters. The van der Waals surface area contributed by atoms with E-state index in [1.165, 1.54) is 4.90 Å². The number of hydrogen-bond acceptors (Lipinski definition) is 6. The maximum atomic E-state index is 14.1. The molecule has 0 aromatic heterocycles. The van der Waals surface area contributed by atoms with Crippen molar-refractivity contribution in [3.8, 4) is 0 Å². The predicted molar refractivity (Wildman–Crippen MR) is 165 cm³/mol. The van der Waals surface area contributed by atoms with E-state index in [1.807, 2.05) is 27.7 Å². The Morgan fingerprint density at radius 2 is 1.50 bits per heavy atom. The van der Waals surface area contributed by atoms with Crippen molar-refractivity contribution < 1.29 is 41.9 Å². The van der Waals surface area contributed by atoms with E-state index in [9.17, 15) is 41.9 Å². The van der Waals surface area contributed by atoms with E-state index in [2.05, 4.69) is 21.3 Å². The van der Waals surface area contributed by atoms with Gasteiger partial charge in [0.2, 0.25) is 17.6 Å². The molecule has 1 heterocycles. The summed E-state index contributed by atoms with van der Waals surface area (Å²) in [4.78, 5) is 80.5. The number of likely N-dealkylation sites (tertiary alicyclic amines) is 1. The maximum Gasteiger partial charge on any atom is 0.389 e. The Kier molecular flexibility index (Phi) is 13.6. The van der Waals surface area contributed by atoms with E-state index in [4.69, 9.17) is 0 Å². The average molecular weight is 660 g/mol. The largest absolute Gasteiger partial charge is 0.389 e. The van der Waals surface area contributed by atoms with Crippen LogP contribution in [0.2, 0.25) is 0 Å². The third-order valence-corrected chi connectivity index (χ3v) is 8.59. The van der Waals surface area contributed by atoms with Gasteiger partial charge >= 0.3 is 12.2 Å². The summed E-state index contributed by atoms with van der Waals surface area (Å²) in [6.07, 6.45) is -4.45. The number of hydrogen-bond donors (Lipinski definition) is 4. The summed E-state index contributed by atoms with van der Waals surface area (Å²) in [6, 6.07) is -5.50. The number of alkyl halides is 3. The topological polar surface area (TPSA) is 154 Å². The number of carbonyl (C=O) groups excluding carboxylic acids is 6. The number of urea groups is 1. The van der Waals surface area contributed by atoms with E-state index >= 15 is 0 Å². The van der Waals surface area contributed by atoms with Crippen molar-refractivity contribution in [1.29, 1.82) is 0 Å². The Labute approximate surface area is 269 Å². The molecule has 1 saturated carbocycles. The SMILES string of the molecule is CCCNC(=O)C(=O)C(CCC(F)(F)F)NC(=O)[C@@H]1C(C(C)C)CCN1C(=O)[C@@H](NC(=O)N[C@H](C(=O)C1CC1)C(C)C)C(C)(C)C. The molecular weight excluding hydrogens is 607 g/mol. The summed E-state index contributed by atoms with van der Waals surface area (Å²) in [5.74, 6) is -4.60. The molecule has 0 radical (unpaired) electrons. The van der Waals surface area contributed by atoms with Crippen LogP contribution in [-0.2, 0) is 24.0 Å². The molecule has 0 spiro atoms. The van der Waals surface area contributed by atoms with E-state index < -0.39 is 84.1 Å². The quantitative estimate of drug-likeness (QED) is 0.198. The first-order valence-corrected chi connectivity index (χ1v) is 16.3. The summed E-state index contributed by atoms with van der Waals surface area (Å²) in [6.45, 7) is 14.5. The number of ketones is 2. The fourth-order valence-electron chi connectivity index (χ4n) is 5.73. The van der Waals surface area contributed by atoms with Gasteiger partial charge in [0.15, 0.2) is 5.78 Å². The lowest BCUT2D eigenvalue weighted by molar-refractivity contribution is -0.147. The van der Waals surface area contributed by atoms with Crippen molar-refractivity contribution in [1.82, 2.24) is 26.2 Å². The van der Waals surface area contributed by atoms with Gasteiger partial charge < -0.3 is 26.2 Å². The number of nitrogens with zero attached hydrogens (tertiary/aromatic N) is 1. The first kappa shape index (κ1) is 39.0. The van der Waals surface area contributed by atoms with Crippen LogP contribution in [0.15, 0.2) is 0 Å². The highest BCUT2D eigenvalue weighted by Crippen LogP contribution is 2.34. The zero-order valence-corrected chi connectivity index (χ0v) is 28.3. The van der Waals surface area contributed by atoms with Crippen molar-refractivity contribution in [2.75, 3.05) is 13.1 Å². The highest BCUT2D eigenvalue weighted by Gasteiger charge is 2.48. The monoisotopic (exact) mass is 659 g/mol. The minimum atomic E-state index is -4.64. The Morgan fingerprint density at radius 1 is 0.891 bits per heavy atom. The number of Topliss-reactive ketones (excluding diaryl/α,β-unsaturated/α-hetero) is 2. The molecule has 0 aromatic carbocycles. The predicted octanol–water partition coefficient (Wildman–Crippen LogP) is 3.50. The van der Waals surface area contributed by atoms with Crippen molar-refractivity contribution in [2.45, 2.75) is 124 Å². The minimum absolute atomic E-state index is 0.0576. The lowest BCUT2D eigenvalue weighted by Crippen LogP contribution is -2.62. The van der Waals surface area contributed by atoms with Gasteiger partial charge in [0.1, 0.15) is 12.1 Å². The van der Waals surface area contributed by atoms with Gasteiger partial charge in [-0.15, -0.1) is 0 Å². The Morgan fingerprint density at radius 3 is 1.98 bits per heavy atom. The van der Waals surface area contributed by atoms with E-state index in [-0.39, 0.29) is 36.6 Å². The van der Waals surface area contributed by atoms with Crippen molar-refractivity contribution in [2.24, 2.45) is 29.1 Å². The molecule has 0 bridgehead atoms. The van der Waals surface area contributed by atoms with Gasteiger partial charge in [0.25, 0.3) is 5.91 Å². The smallest absolute Gasteiger partial charge is 0.349 e. The van der Waals surface area contributed by atoms with Crippen LogP contribution in [0.1, 0.15) is 93.9 Å². The van der Waals surface area contributed by atoms with Gasteiger partial charge in [-0.05, 0) is 55.3 Å². The van der Waals surface area contributed by atoms with Crippen LogP contribution in [0.4, 0.5) is 18.0 Å². The number of rotatable bonds is 15. The summed E-state index contributed by atoms with van der Waals surface area (Å²) in [5, 5.41) is 10.1. The first-order valence-electron chi connectivity index (χ1n) is 16.3. The van der Waals surface area contributed by atoms with Crippen LogP contribution in [0, 0.1) is 29.1 Å². The second-order valence-electron chi connectivity index (χ2n) is 14.3. The molecule has 1 aliphatic heterocycles. The summed E-state index contributed by atoms with van der Waals surface area (Å²) < 4.78 is 39.4. The van der Waals surface area contributed by atoms with Gasteiger partial charge in [0.05, 0.1) is 12.1 Å². The van der Waals surface area contributed by atoms with Gasteiger partial charge in [0, 0.05) is 25.4 Å². The Bertz CT molecular complexity index is 1130. The maximum absolute atomic E-state index is 14.1. The molecule has 2 aliphatic rings. The van der Waals surface area contributed by atoms with Crippen LogP contribution in [0.25, 0.3) is 0 Å². The van der Waals surface area contributed by atoms with Gasteiger partial charge in [-0.25, -0.2) is 4.79 Å². The normalized spacial score (nSPS) is 20.6. The van der Waals surface area contributed by atoms with Gasteiger partial charge in [-0.2, -0.15) is 13.2 Å². The number of carbonyl (C=O) groups is 6. The molecule has 2 rings (SSSR count). The molecule has 2 fully saturated rings. The van der Waals surface area contributed by atoms with Gasteiger partial charge in [-0.1, -0.05) is 55.4 Å². The van der Waals surface area contributed by atoms with E-state index in [0.717, 1.165) is 12.8 Å². The summed E-state index contributed by atoms with van der Waals surface area (Å²) >= 11 is 0. The number of amides is 5. The molecule has 4 N–H and O–H groups in total. The molecule has 0 aromatic rings. The fourth-order valence-corrected chi connectivity index (χ4v) is 5.73.